The monoisotopic (exact) mass is 485 g/mol. The summed E-state index contributed by atoms with van der Waals surface area (Å²) >= 11 is 1.69. The Morgan fingerprint density at radius 1 is 0.964 bits per heavy atom. The second-order valence-electron chi connectivity index (χ2n) is 7.54. The average Bonchev–Trinajstić information content (AvgIpc) is 3.30. The molecule has 0 atom stereocenters. The Hall–Kier alpha value is -0.747. The summed E-state index contributed by atoms with van der Waals surface area (Å²) in [4.78, 5) is 0. The molecule has 3 aliphatic rings. The molecule has 0 saturated heterocycles. The molecule has 1 saturated carbocycles. The molecule has 0 N–H and O–H groups in total. The molecule has 0 unspecified atom stereocenters. The van der Waals surface area contributed by atoms with Gasteiger partial charge in [-0.1, -0.05) is 54.5 Å². The van der Waals surface area contributed by atoms with Gasteiger partial charge >= 0.3 is 59.5 Å². The summed E-state index contributed by atoms with van der Waals surface area (Å²) in [5.41, 5.74) is 9.60. The third kappa shape index (κ3) is 5.24. The number of benzene rings is 2. The zero-order valence-corrected chi connectivity index (χ0v) is 20.3. The summed E-state index contributed by atoms with van der Waals surface area (Å²) in [5, 5.41) is 0. The van der Waals surface area contributed by atoms with Gasteiger partial charge in [-0.05, 0) is 18.4 Å². The van der Waals surface area contributed by atoms with Gasteiger partial charge in [0.2, 0.25) is 0 Å². The van der Waals surface area contributed by atoms with Crippen molar-refractivity contribution in [3.8, 4) is 11.1 Å². The first-order chi connectivity index (χ1) is 12.7. The summed E-state index contributed by atoms with van der Waals surface area (Å²) < 4.78 is 1.80. The van der Waals surface area contributed by atoms with Crippen molar-refractivity contribution >= 4 is 8.78 Å². The fourth-order valence-electron chi connectivity index (χ4n) is 4.14. The van der Waals surface area contributed by atoms with E-state index in [0.717, 1.165) is 12.8 Å². The van der Waals surface area contributed by atoms with Gasteiger partial charge in [-0.2, -0.15) is 0 Å². The third-order valence-electron chi connectivity index (χ3n) is 5.58. The molecular formula is C25H25Cl2Zr-. The van der Waals surface area contributed by atoms with E-state index in [1.807, 2.05) is 0 Å². The van der Waals surface area contributed by atoms with Crippen LogP contribution in [-0.4, -0.2) is 3.21 Å². The molecule has 0 amide bonds. The van der Waals surface area contributed by atoms with Crippen LogP contribution < -0.4 is 24.8 Å². The summed E-state index contributed by atoms with van der Waals surface area (Å²) in [7, 11) is 0. The van der Waals surface area contributed by atoms with E-state index in [-0.39, 0.29) is 24.8 Å². The third-order valence-corrected chi connectivity index (χ3v) is 6.81. The standard InChI is InChI=1S/C19H15.C6H10.2ClH.Zr/c1-13-10-19-16(11-15-8-4-5-9-17(15)19)12-18(13)14-6-2-3-7-14;1-2-4-6-5-3-1;;;/h2-6,8-10H,7,11H2,1H3;1-5H2;2*1H;/q-1;;;;+2/p-2. The summed E-state index contributed by atoms with van der Waals surface area (Å²) in [6.07, 6.45) is 16.0. The van der Waals surface area contributed by atoms with Crippen molar-refractivity contribution in [2.45, 2.75) is 51.9 Å². The second kappa shape index (κ2) is 10.9. The number of aryl methyl sites for hydroxylation is 1. The van der Waals surface area contributed by atoms with Crippen molar-refractivity contribution < 1.29 is 49.0 Å². The van der Waals surface area contributed by atoms with Gasteiger partial charge in [0.05, 0.1) is 0 Å². The van der Waals surface area contributed by atoms with Crippen molar-refractivity contribution in [3.63, 3.8) is 0 Å². The van der Waals surface area contributed by atoms with Gasteiger partial charge in [0.25, 0.3) is 0 Å². The van der Waals surface area contributed by atoms with Crippen LogP contribution in [0.4, 0.5) is 0 Å². The van der Waals surface area contributed by atoms with Crippen molar-refractivity contribution in [1.82, 2.24) is 0 Å². The number of fused-ring (bicyclic) bond motifs is 3. The van der Waals surface area contributed by atoms with E-state index < -0.39 is 0 Å². The van der Waals surface area contributed by atoms with Crippen molar-refractivity contribution in [2.75, 3.05) is 0 Å². The van der Waals surface area contributed by atoms with Crippen LogP contribution in [-0.2, 0) is 30.7 Å². The molecule has 2 aromatic carbocycles. The number of hydrogen-bond acceptors (Lipinski definition) is 0. The van der Waals surface area contributed by atoms with E-state index in [2.05, 4.69) is 61.5 Å². The van der Waals surface area contributed by atoms with Crippen LogP contribution in [0.3, 0.4) is 0 Å². The van der Waals surface area contributed by atoms with E-state index in [4.69, 9.17) is 0 Å². The number of allylic oxidation sites excluding steroid dienone is 4. The molecule has 0 radical (unpaired) electrons. The van der Waals surface area contributed by atoms with Gasteiger partial charge in [0.15, 0.2) is 0 Å². The van der Waals surface area contributed by atoms with Crippen LogP contribution in [0.1, 0.15) is 60.8 Å². The molecule has 5 rings (SSSR count). The first-order valence-corrected chi connectivity index (χ1v) is 11.0. The maximum atomic E-state index is 3.67. The van der Waals surface area contributed by atoms with Gasteiger partial charge in [-0.15, -0.1) is 40.5 Å². The maximum absolute atomic E-state index is 3.67. The minimum absolute atomic E-state index is 0. The molecule has 2 aromatic rings. The predicted molar refractivity (Wildman–Crippen MR) is 108 cm³/mol. The summed E-state index contributed by atoms with van der Waals surface area (Å²) in [6, 6.07) is 14.7. The Labute approximate surface area is 196 Å². The van der Waals surface area contributed by atoms with E-state index in [1.165, 1.54) is 71.1 Å². The van der Waals surface area contributed by atoms with Crippen LogP contribution in [0.2, 0.25) is 0 Å². The minimum atomic E-state index is 0. The zero-order valence-electron chi connectivity index (χ0n) is 16.3. The van der Waals surface area contributed by atoms with Crippen LogP contribution in [0, 0.1) is 13.0 Å². The fourth-order valence-corrected chi connectivity index (χ4v) is 5.01. The number of rotatable bonds is 1. The summed E-state index contributed by atoms with van der Waals surface area (Å²) in [6.45, 7) is 2.20. The molecule has 0 nitrogen and oxygen atoms in total. The Balaban J connectivity index is 0.000000269. The fraction of sp³-hybridized carbons (Fsp3) is 0.320. The SMILES string of the molecule is Cc1cc2c([c-]c1C1=CC=CC1)Cc1ccccc1-2.[Cl-].[Cl-].[Zr+2]=[C]1CCCCC1. The molecule has 1 fully saturated rings. The van der Waals surface area contributed by atoms with Gasteiger partial charge in [0.1, 0.15) is 0 Å². The Kier molecular flexibility index (Phi) is 9.13. The second-order valence-corrected chi connectivity index (χ2v) is 9.28. The van der Waals surface area contributed by atoms with Gasteiger partial charge < -0.3 is 24.8 Å². The Morgan fingerprint density at radius 3 is 2.36 bits per heavy atom. The molecule has 0 aliphatic heterocycles. The van der Waals surface area contributed by atoms with Crippen molar-refractivity contribution in [2.24, 2.45) is 0 Å². The molecular weight excluding hydrogens is 462 g/mol. The molecule has 0 spiro atoms. The van der Waals surface area contributed by atoms with E-state index in [0.29, 0.717) is 0 Å². The average molecular weight is 488 g/mol. The summed E-state index contributed by atoms with van der Waals surface area (Å²) in [5.74, 6) is 0. The van der Waals surface area contributed by atoms with Crippen LogP contribution >= 0.6 is 0 Å². The predicted octanol–water partition coefficient (Wildman–Crippen LogP) is 0.387. The molecule has 3 aliphatic carbocycles. The van der Waals surface area contributed by atoms with E-state index in [1.54, 1.807) is 27.4 Å². The van der Waals surface area contributed by atoms with Crippen LogP contribution in [0.5, 0.6) is 0 Å². The van der Waals surface area contributed by atoms with Crippen LogP contribution in [0.25, 0.3) is 16.7 Å². The topological polar surface area (TPSA) is 0 Å². The molecule has 0 bridgehead atoms. The van der Waals surface area contributed by atoms with Gasteiger partial charge in [0, 0.05) is 0 Å². The van der Waals surface area contributed by atoms with Crippen LogP contribution in [0.15, 0.2) is 48.6 Å². The van der Waals surface area contributed by atoms with Crippen molar-refractivity contribution in [1.29, 1.82) is 0 Å². The molecule has 144 valence electrons. The van der Waals surface area contributed by atoms with E-state index in [9.17, 15) is 0 Å². The van der Waals surface area contributed by atoms with Crippen molar-refractivity contribution in [3.05, 3.63) is 76.9 Å². The molecule has 0 heterocycles. The first-order valence-electron chi connectivity index (χ1n) is 9.79. The molecule has 0 aromatic heterocycles. The van der Waals surface area contributed by atoms with Gasteiger partial charge in [-0.25, -0.2) is 0 Å². The normalized spacial score (nSPS) is 16.1. The Morgan fingerprint density at radius 2 is 1.71 bits per heavy atom. The molecule has 3 heteroatoms. The molecule has 28 heavy (non-hydrogen) atoms. The number of hydrogen-bond donors (Lipinski definition) is 0. The number of halogens is 2. The first kappa shape index (κ1) is 23.5. The quantitative estimate of drug-likeness (QED) is 0.436. The van der Waals surface area contributed by atoms with Gasteiger partial charge in [-0.3, -0.25) is 0 Å². The Bertz CT molecular complexity index is 901. The van der Waals surface area contributed by atoms with E-state index >= 15 is 0 Å². The zero-order chi connectivity index (χ0) is 17.9.